The molecule has 0 heterocycles. The third kappa shape index (κ3) is 12.9. The van der Waals surface area contributed by atoms with Crippen LogP contribution in [0.5, 0.6) is 0 Å². The number of carboxylic acids is 1. The van der Waals surface area contributed by atoms with Crippen molar-refractivity contribution in [2.45, 2.75) is 64.1 Å². The number of hydrogen-bond acceptors (Lipinski definition) is 7. The van der Waals surface area contributed by atoms with Crippen molar-refractivity contribution < 1.29 is 29.1 Å². The number of nitrogens with two attached hydrogens (primary N) is 4. The molecule has 0 rings (SSSR count). The van der Waals surface area contributed by atoms with Crippen molar-refractivity contribution in [1.29, 1.82) is 0 Å². The molecular formula is C19H36N8O6. The molecule has 0 bridgehead atoms. The lowest BCUT2D eigenvalue weighted by Gasteiger charge is -2.27. The molecule has 4 unspecified atom stereocenters. The van der Waals surface area contributed by atoms with Gasteiger partial charge in [0.2, 0.25) is 23.6 Å². The van der Waals surface area contributed by atoms with Crippen LogP contribution < -0.4 is 38.9 Å². The largest absolute Gasteiger partial charge is 0.480 e. The third-order valence-corrected chi connectivity index (χ3v) is 4.82. The Hall–Kier alpha value is -3.42. The van der Waals surface area contributed by atoms with E-state index in [0.29, 0.717) is 12.8 Å². The first-order valence-corrected chi connectivity index (χ1v) is 10.6. The lowest BCUT2D eigenvalue weighted by atomic mass is 9.97. The van der Waals surface area contributed by atoms with Crippen LogP contribution in [0.25, 0.3) is 0 Å². The van der Waals surface area contributed by atoms with Gasteiger partial charge in [0.1, 0.15) is 18.6 Å². The summed E-state index contributed by atoms with van der Waals surface area (Å²) in [5.41, 5.74) is 21.4. The molecule has 0 radical (unpaired) electrons. The van der Waals surface area contributed by atoms with Crippen molar-refractivity contribution in [3.8, 4) is 0 Å². The molecule has 0 aromatic rings. The van der Waals surface area contributed by atoms with Crippen molar-refractivity contribution in [3.63, 3.8) is 0 Å². The lowest BCUT2D eigenvalue weighted by Crippen LogP contribution is -2.57. The Kier molecular flexibility index (Phi) is 13.8. The smallest absolute Gasteiger partial charge is 0.322 e. The fourth-order valence-corrected chi connectivity index (χ4v) is 2.71. The number of primary amides is 1. The van der Waals surface area contributed by atoms with E-state index in [1.807, 2.05) is 0 Å². The van der Waals surface area contributed by atoms with Crippen molar-refractivity contribution in [3.05, 3.63) is 0 Å². The summed E-state index contributed by atoms with van der Waals surface area (Å²) in [5, 5.41) is 16.1. The molecule has 14 heteroatoms. The van der Waals surface area contributed by atoms with E-state index in [4.69, 9.17) is 28.0 Å². The van der Waals surface area contributed by atoms with E-state index in [-0.39, 0.29) is 37.7 Å². The number of nitrogens with zero attached hydrogens (tertiary/aromatic N) is 1. The topological polar surface area (TPSA) is 258 Å². The highest BCUT2D eigenvalue weighted by atomic mass is 16.4. The van der Waals surface area contributed by atoms with E-state index in [0.717, 1.165) is 0 Å². The van der Waals surface area contributed by atoms with E-state index in [1.54, 1.807) is 13.8 Å². The number of guanidine groups is 1. The average molecular weight is 473 g/mol. The lowest BCUT2D eigenvalue weighted by molar-refractivity contribution is -0.139. The summed E-state index contributed by atoms with van der Waals surface area (Å²) >= 11 is 0. The van der Waals surface area contributed by atoms with Crippen LogP contribution in [-0.2, 0) is 24.0 Å². The first kappa shape index (κ1) is 29.6. The van der Waals surface area contributed by atoms with Crippen LogP contribution in [0.15, 0.2) is 4.99 Å². The summed E-state index contributed by atoms with van der Waals surface area (Å²) in [5.74, 6) is -4.29. The Morgan fingerprint density at radius 2 is 1.61 bits per heavy atom. The molecule has 0 saturated carbocycles. The fourth-order valence-electron chi connectivity index (χ4n) is 2.71. The number of rotatable bonds is 16. The molecular weight excluding hydrogens is 436 g/mol. The minimum Gasteiger partial charge on any atom is -0.480 e. The molecule has 0 fully saturated rings. The zero-order chi connectivity index (χ0) is 25.6. The molecule has 0 saturated heterocycles. The highest BCUT2D eigenvalue weighted by molar-refractivity contribution is 5.93. The van der Waals surface area contributed by atoms with Gasteiger partial charge in [0.25, 0.3) is 0 Å². The molecule has 14 nitrogen and oxygen atoms in total. The first-order chi connectivity index (χ1) is 15.4. The highest BCUT2D eigenvalue weighted by Crippen LogP contribution is 2.10. The maximum atomic E-state index is 12.9. The minimum atomic E-state index is -1.23. The van der Waals surface area contributed by atoms with Gasteiger partial charge in [-0.25, -0.2) is 0 Å². The van der Waals surface area contributed by atoms with Crippen molar-refractivity contribution in [2.24, 2.45) is 33.8 Å². The molecule has 0 aliphatic heterocycles. The Balaban J connectivity index is 5.40. The summed E-state index contributed by atoms with van der Waals surface area (Å²) in [7, 11) is 0. The van der Waals surface area contributed by atoms with Crippen molar-refractivity contribution >= 4 is 35.6 Å². The van der Waals surface area contributed by atoms with Crippen LogP contribution in [0.4, 0.5) is 0 Å². The van der Waals surface area contributed by atoms with E-state index in [9.17, 15) is 24.0 Å². The van der Waals surface area contributed by atoms with Gasteiger partial charge in [0.05, 0.1) is 6.04 Å². The van der Waals surface area contributed by atoms with E-state index >= 15 is 0 Å². The predicted octanol–water partition coefficient (Wildman–Crippen LogP) is -3.15. The van der Waals surface area contributed by atoms with E-state index in [1.165, 1.54) is 0 Å². The molecule has 0 spiro atoms. The van der Waals surface area contributed by atoms with Crippen LogP contribution in [0.2, 0.25) is 0 Å². The van der Waals surface area contributed by atoms with Crippen LogP contribution in [-0.4, -0.2) is 71.9 Å². The number of carboxylic acid groups (broad SMARTS) is 1. The first-order valence-electron chi connectivity index (χ1n) is 10.6. The number of aliphatic carboxylic acids is 1. The van der Waals surface area contributed by atoms with Gasteiger partial charge in [-0.3, -0.25) is 29.0 Å². The number of aliphatic imine (C=N–C) groups is 1. The summed E-state index contributed by atoms with van der Waals surface area (Å²) in [6.45, 7) is 3.12. The Bertz CT molecular complexity index is 725. The Morgan fingerprint density at radius 1 is 0.970 bits per heavy atom. The zero-order valence-electron chi connectivity index (χ0n) is 19.0. The molecule has 188 valence electrons. The van der Waals surface area contributed by atoms with Crippen molar-refractivity contribution in [1.82, 2.24) is 16.0 Å². The normalized spacial score (nSPS) is 14.2. The second-order valence-electron chi connectivity index (χ2n) is 7.60. The SMILES string of the molecule is CCC(C)C(NC(=O)C(CCCN=C(N)N)NC(=O)C(N)CCC(N)=O)C(=O)NCC(=O)O. The third-order valence-electron chi connectivity index (χ3n) is 4.82. The van der Waals surface area contributed by atoms with Gasteiger partial charge in [-0.1, -0.05) is 20.3 Å². The maximum absolute atomic E-state index is 12.9. The van der Waals surface area contributed by atoms with Gasteiger partial charge < -0.3 is 44.0 Å². The molecule has 12 N–H and O–H groups in total. The molecule has 4 atom stereocenters. The minimum absolute atomic E-state index is 0.00338. The van der Waals surface area contributed by atoms with E-state index < -0.39 is 54.3 Å². The quantitative estimate of drug-likeness (QED) is 0.0639. The van der Waals surface area contributed by atoms with Gasteiger partial charge in [0.15, 0.2) is 5.96 Å². The predicted molar refractivity (Wildman–Crippen MR) is 120 cm³/mol. The number of carbonyl (C=O) groups is 5. The fraction of sp³-hybridized carbons (Fsp3) is 0.684. The molecule has 0 aliphatic carbocycles. The van der Waals surface area contributed by atoms with Gasteiger partial charge >= 0.3 is 5.97 Å². The molecule has 33 heavy (non-hydrogen) atoms. The zero-order valence-corrected chi connectivity index (χ0v) is 19.0. The van der Waals surface area contributed by atoms with Crippen LogP contribution >= 0.6 is 0 Å². The van der Waals surface area contributed by atoms with Crippen LogP contribution in [0.3, 0.4) is 0 Å². The summed E-state index contributed by atoms with van der Waals surface area (Å²) in [6.07, 6.45) is 0.865. The molecule has 0 aliphatic rings. The van der Waals surface area contributed by atoms with Crippen molar-refractivity contribution in [2.75, 3.05) is 13.1 Å². The number of nitrogens with one attached hydrogen (secondary N) is 3. The van der Waals surface area contributed by atoms with Gasteiger partial charge in [0, 0.05) is 13.0 Å². The second kappa shape index (κ2) is 15.4. The summed E-state index contributed by atoms with van der Waals surface area (Å²) < 4.78 is 0. The molecule has 4 amide bonds. The second-order valence-corrected chi connectivity index (χ2v) is 7.60. The monoisotopic (exact) mass is 472 g/mol. The van der Waals surface area contributed by atoms with Gasteiger partial charge in [-0.15, -0.1) is 0 Å². The van der Waals surface area contributed by atoms with Gasteiger partial charge in [-0.05, 0) is 25.2 Å². The number of amides is 4. The molecule has 0 aromatic heterocycles. The van der Waals surface area contributed by atoms with Crippen LogP contribution in [0.1, 0.15) is 46.0 Å². The maximum Gasteiger partial charge on any atom is 0.322 e. The summed E-state index contributed by atoms with van der Waals surface area (Å²) in [4.78, 5) is 63.3. The summed E-state index contributed by atoms with van der Waals surface area (Å²) in [6, 6.07) is -3.18. The number of hydrogen-bond donors (Lipinski definition) is 8. The van der Waals surface area contributed by atoms with E-state index in [2.05, 4.69) is 20.9 Å². The molecule has 0 aromatic carbocycles. The Labute approximate surface area is 192 Å². The van der Waals surface area contributed by atoms with Gasteiger partial charge in [-0.2, -0.15) is 0 Å². The number of carbonyl (C=O) groups excluding carboxylic acids is 4. The Morgan fingerprint density at radius 3 is 2.12 bits per heavy atom. The van der Waals surface area contributed by atoms with Crippen LogP contribution in [0, 0.1) is 5.92 Å². The standard InChI is InChI=1S/C19H36N8O6/c1-3-10(2)15(18(33)25-9-14(29)30)27-17(32)12(5-4-8-24-19(22)23)26-16(31)11(20)6-7-13(21)28/h10-12,15H,3-9,20H2,1-2H3,(H2,21,28)(H,25,33)(H,26,31)(H,27,32)(H,29,30)(H4,22,23,24). The average Bonchev–Trinajstić information content (AvgIpc) is 2.74. The highest BCUT2D eigenvalue weighted by Gasteiger charge is 2.30.